The number of thiophene rings is 1. The van der Waals surface area contributed by atoms with E-state index in [9.17, 15) is 9.59 Å². The van der Waals surface area contributed by atoms with E-state index >= 15 is 0 Å². The highest BCUT2D eigenvalue weighted by Crippen LogP contribution is 2.28. The van der Waals surface area contributed by atoms with E-state index < -0.39 is 0 Å². The minimum atomic E-state index is -0.0994. The summed E-state index contributed by atoms with van der Waals surface area (Å²) in [4.78, 5) is 31.8. The van der Waals surface area contributed by atoms with Gasteiger partial charge in [-0.25, -0.2) is 0 Å². The molecule has 37 heavy (non-hydrogen) atoms. The van der Waals surface area contributed by atoms with Crippen LogP contribution in [0.2, 0.25) is 0 Å². The van der Waals surface area contributed by atoms with Gasteiger partial charge in [-0.1, -0.05) is 37.1 Å². The maximum Gasteiger partial charge on any atom is 0.254 e. The molecular weight excluding hydrogens is 484 g/mol. The first-order valence-electron chi connectivity index (χ1n) is 12.7. The number of rotatable bonds is 13. The van der Waals surface area contributed by atoms with Gasteiger partial charge in [-0.3, -0.25) is 9.59 Å². The first-order valence-corrected chi connectivity index (χ1v) is 13.6. The normalized spacial score (nSPS) is 10.7. The zero-order chi connectivity index (χ0) is 26.8. The number of methoxy groups -OCH3 is 2. The summed E-state index contributed by atoms with van der Waals surface area (Å²) in [5.74, 6) is 1.19. The van der Waals surface area contributed by atoms with Crippen molar-refractivity contribution in [2.24, 2.45) is 0 Å². The molecule has 0 aliphatic carbocycles. The van der Waals surface area contributed by atoms with Gasteiger partial charge in [0, 0.05) is 23.5 Å². The maximum atomic E-state index is 13.7. The Balaban J connectivity index is 1.80. The molecule has 2 aromatic carbocycles. The molecule has 0 bridgehead atoms. The van der Waals surface area contributed by atoms with Crippen LogP contribution in [-0.2, 0) is 17.8 Å². The Morgan fingerprint density at radius 3 is 2.35 bits per heavy atom. The van der Waals surface area contributed by atoms with Crippen LogP contribution in [0.3, 0.4) is 0 Å². The molecule has 0 spiro atoms. The molecule has 0 aliphatic rings. The highest BCUT2D eigenvalue weighted by Gasteiger charge is 2.23. The molecule has 0 radical (unpaired) electrons. The lowest BCUT2D eigenvalue weighted by molar-refractivity contribution is -0.132. The highest BCUT2D eigenvalue weighted by molar-refractivity contribution is 7.10. The van der Waals surface area contributed by atoms with Crippen LogP contribution in [0.5, 0.6) is 11.5 Å². The van der Waals surface area contributed by atoms with Gasteiger partial charge in [-0.15, -0.1) is 11.3 Å². The molecule has 1 heterocycles. The number of amides is 2. The Hall–Kier alpha value is -3.32. The topological polar surface area (TPSA) is 59.1 Å². The number of aryl methyl sites for hydroxylation is 2. The first kappa shape index (κ1) is 28.3. The standard InChI is InChI=1S/C30H38N2O4S/c1-6-7-15-32(30(34)25-10-8-9-22(2)18-25)21-29(33)31(20-28-23(3)14-17-37-28)16-13-24-11-12-26(35-4)27(19-24)36-5/h8-12,14,17-19H,6-7,13,15-16,20-21H2,1-5H3. The van der Waals surface area contributed by atoms with Crippen molar-refractivity contribution in [2.75, 3.05) is 33.9 Å². The van der Waals surface area contributed by atoms with Gasteiger partial charge in [0.1, 0.15) is 6.54 Å². The minimum absolute atomic E-state index is 0.0506. The lowest BCUT2D eigenvalue weighted by atomic mass is 10.1. The van der Waals surface area contributed by atoms with Gasteiger partial charge < -0.3 is 19.3 Å². The smallest absolute Gasteiger partial charge is 0.254 e. The fourth-order valence-electron chi connectivity index (χ4n) is 4.16. The van der Waals surface area contributed by atoms with Gasteiger partial charge in [-0.2, -0.15) is 0 Å². The second kappa shape index (κ2) is 13.8. The van der Waals surface area contributed by atoms with Crippen molar-refractivity contribution in [1.82, 2.24) is 9.80 Å². The van der Waals surface area contributed by atoms with Crippen LogP contribution in [0.4, 0.5) is 0 Å². The van der Waals surface area contributed by atoms with Gasteiger partial charge in [-0.05, 0) is 73.5 Å². The van der Waals surface area contributed by atoms with Gasteiger partial charge in [0.25, 0.3) is 5.91 Å². The monoisotopic (exact) mass is 522 g/mol. The van der Waals surface area contributed by atoms with E-state index in [1.807, 2.05) is 54.3 Å². The number of carbonyl (C=O) groups is 2. The highest BCUT2D eigenvalue weighted by atomic mass is 32.1. The van der Waals surface area contributed by atoms with Gasteiger partial charge in [0.05, 0.1) is 20.8 Å². The Morgan fingerprint density at radius 1 is 0.919 bits per heavy atom. The van der Waals surface area contributed by atoms with Crippen LogP contribution < -0.4 is 9.47 Å². The van der Waals surface area contributed by atoms with E-state index in [0.29, 0.717) is 43.1 Å². The molecule has 0 unspecified atom stereocenters. The van der Waals surface area contributed by atoms with E-state index in [1.54, 1.807) is 30.5 Å². The summed E-state index contributed by atoms with van der Waals surface area (Å²) in [6.45, 7) is 7.79. The first-order chi connectivity index (χ1) is 17.9. The molecule has 3 rings (SSSR count). The van der Waals surface area contributed by atoms with Crippen molar-refractivity contribution in [3.05, 3.63) is 81.0 Å². The van der Waals surface area contributed by atoms with Crippen molar-refractivity contribution < 1.29 is 19.1 Å². The summed E-state index contributed by atoms with van der Waals surface area (Å²) >= 11 is 1.65. The molecule has 0 N–H and O–H groups in total. The fourth-order valence-corrected chi connectivity index (χ4v) is 5.08. The molecule has 6 nitrogen and oxygen atoms in total. The summed E-state index contributed by atoms with van der Waals surface area (Å²) in [7, 11) is 3.23. The lowest BCUT2D eigenvalue weighted by Gasteiger charge is -2.28. The van der Waals surface area contributed by atoms with Crippen LogP contribution in [-0.4, -0.2) is 55.5 Å². The van der Waals surface area contributed by atoms with Crippen molar-refractivity contribution in [2.45, 2.75) is 46.6 Å². The van der Waals surface area contributed by atoms with Crippen molar-refractivity contribution >= 4 is 23.2 Å². The molecule has 0 fully saturated rings. The summed E-state index contributed by atoms with van der Waals surface area (Å²) in [5, 5.41) is 2.05. The Bertz CT molecular complexity index is 1190. The minimum Gasteiger partial charge on any atom is -0.493 e. The van der Waals surface area contributed by atoms with E-state index in [1.165, 1.54) is 5.56 Å². The zero-order valence-electron chi connectivity index (χ0n) is 22.6. The Labute approximate surface area is 224 Å². The molecule has 2 amide bonds. The van der Waals surface area contributed by atoms with Gasteiger partial charge in [0.15, 0.2) is 11.5 Å². The van der Waals surface area contributed by atoms with Crippen LogP contribution in [0, 0.1) is 13.8 Å². The predicted octanol–water partition coefficient (Wildman–Crippen LogP) is 5.90. The molecule has 198 valence electrons. The second-order valence-corrected chi connectivity index (χ2v) is 10.2. The average Bonchev–Trinajstić information content (AvgIpc) is 3.32. The quantitative estimate of drug-likeness (QED) is 0.281. The number of hydrogen-bond donors (Lipinski definition) is 0. The van der Waals surface area contributed by atoms with Crippen LogP contribution in [0.15, 0.2) is 53.9 Å². The molecule has 1 aromatic heterocycles. The van der Waals surface area contributed by atoms with E-state index in [0.717, 1.165) is 28.8 Å². The molecule has 0 saturated heterocycles. The number of hydrogen-bond acceptors (Lipinski definition) is 5. The molecule has 7 heteroatoms. The number of ether oxygens (including phenoxy) is 2. The molecule has 0 aliphatic heterocycles. The fraction of sp³-hybridized carbons (Fsp3) is 0.400. The molecule has 3 aromatic rings. The van der Waals surface area contributed by atoms with Crippen LogP contribution >= 0.6 is 11.3 Å². The van der Waals surface area contributed by atoms with Gasteiger partial charge >= 0.3 is 0 Å². The molecule has 0 atom stereocenters. The van der Waals surface area contributed by atoms with E-state index in [4.69, 9.17) is 9.47 Å². The Kier molecular flexibility index (Phi) is 10.6. The van der Waals surface area contributed by atoms with E-state index in [2.05, 4.69) is 25.3 Å². The van der Waals surface area contributed by atoms with Crippen molar-refractivity contribution in [3.8, 4) is 11.5 Å². The zero-order valence-corrected chi connectivity index (χ0v) is 23.4. The summed E-state index contributed by atoms with van der Waals surface area (Å²) in [6, 6.07) is 15.5. The third-order valence-electron chi connectivity index (χ3n) is 6.43. The Morgan fingerprint density at radius 2 is 1.70 bits per heavy atom. The average molecular weight is 523 g/mol. The molecule has 0 saturated carbocycles. The summed E-state index contributed by atoms with van der Waals surface area (Å²) in [6.07, 6.45) is 2.46. The van der Waals surface area contributed by atoms with Crippen molar-refractivity contribution in [3.63, 3.8) is 0 Å². The largest absolute Gasteiger partial charge is 0.493 e. The second-order valence-electron chi connectivity index (χ2n) is 9.23. The number of nitrogens with zero attached hydrogens (tertiary/aromatic N) is 2. The van der Waals surface area contributed by atoms with Crippen LogP contribution in [0.1, 0.15) is 51.7 Å². The number of carbonyl (C=O) groups excluding carboxylic acids is 2. The number of unbranched alkanes of at least 4 members (excludes halogenated alkanes) is 1. The van der Waals surface area contributed by atoms with Gasteiger partial charge in [0.2, 0.25) is 5.91 Å². The third kappa shape index (κ3) is 7.83. The SMILES string of the molecule is CCCCN(CC(=O)N(CCc1ccc(OC)c(OC)c1)Cc1sccc1C)C(=O)c1cccc(C)c1. The van der Waals surface area contributed by atoms with Crippen LogP contribution in [0.25, 0.3) is 0 Å². The molecular formula is C30H38N2O4S. The van der Waals surface area contributed by atoms with Crippen molar-refractivity contribution in [1.29, 1.82) is 0 Å². The number of benzene rings is 2. The maximum absolute atomic E-state index is 13.7. The third-order valence-corrected chi connectivity index (χ3v) is 7.44. The lowest BCUT2D eigenvalue weighted by Crippen LogP contribution is -2.43. The van der Waals surface area contributed by atoms with E-state index in [-0.39, 0.29) is 18.4 Å². The summed E-state index contributed by atoms with van der Waals surface area (Å²) in [5.41, 5.74) is 3.87. The summed E-state index contributed by atoms with van der Waals surface area (Å²) < 4.78 is 10.8. The predicted molar refractivity (Wildman–Crippen MR) is 150 cm³/mol.